The van der Waals surface area contributed by atoms with Crippen LogP contribution in [0.25, 0.3) is 0 Å². The Hall–Kier alpha value is -0.200. The average Bonchev–Trinajstić information content (AvgIpc) is 2.49. The Morgan fingerprint density at radius 2 is 1.29 bits per heavy atom. The predicted molar refractivity (Wildman–Crippen MR) is 69.3 cm³/mol. The third kappa shape index (κ3) is 4.52. The van der Waals surface area contributed by atoms with Gasteiger partial charge in [-0.05, 0) is 0 Å². The zero-order valence-corrected chi connectivity index (χ0v) is 10.8. The van der Waals surface area contributed by atoms with Crippen LogP contribution in [0.5, 0.6) is 0 Å². The fourth-order valence-electron chi connectivity index (χ4n) is 2.60. The van der Waals surface area contributed by atoms with Gasteiger partial charge in [-0.25, -0.2) is 0 Å². The highest BCUT2D eigenvalue weighted by atomic mass is 16.3. The molecule has 0 radical (unpaired) electrons. The summed E-state index contributed by atoms with van der Waals surface area (Å²) in [6, 6.07) is 0. The zero-order chi connectivity index (χ0) is 11.9. The number of nitrogens with zero attached hydrogens (tertiary/aromatic N) is 3. The number of nitrogens with one attached hydrogen (secondary N) is 1. The van der Waals surface area contributed by atoms with Gasteiger partial charge in [-0.3, -0.25) is 14.7 Å². The van der Waals surface area contributed by atoms with Crippen LogP contribution in [0.2, 0.25) is 0 Å². The van der Waals surface area contributed by atoms with Gasteiger partial charge in [0.1, 0.15) is 0 Å². The number of hydrogen-bond acceptors (Lipinski definition) is 5. The lowest BCUT2D eigenvalue weighted by Gasteiger charge is -2.26. The van der Waals surface area contributed by atoms with Gasteiger partial charge in [0, 0.05) is 72.0 Å². The number of hydrogen-bond donors (Lipinski definition) is 2. The molecule has 2 aliphatic heterocycles. The van der Waals surface area contributed by atoms with E-state index in [-0.39, 0.29) is 6.61 Å². The van der Waals surface area contributed by atoms with Crippen LogP contribution in [0.3, 0.4) is 0 Å². The molecule has 2 unspecified atom stereocenters. The molecule has 0 amide bonds. The summed E-state index contributed by atoms with van der Waals surface area (Å²) in [5.74, 6) is 0. The van der Waals surface area contributed by atoms with Crippen molar-refractivity contribution in [1.29, 1.82) is 0 Å². The summed E-state index contributed by atoms with van der Waals surface area (Å²) in [4.78, 5) is 7.47. The summed E-state index contributed by atoms with van der Waals surface area (Å²) in [6.45, 7) is 12.4. The SMILES string of the molecule is OCCN1CCN2CCNCCN(CC1)CC2. The van der Waals surface area contributed by atoms with Gasteiger partial charge >= 0.3 is 0 Å². The first kappa shape index (κ1) is 13.2. The monoisotopic (exact) mass is 242 g/mol. The lowest BCUT2D eigenvalue weighted by atomic mass is 10.4. The van der Waals surface area contributed by atoms with Crippen molar-refractivity contribution < 1.29 is 5.11 Å². The topological polar surface area (TPSA) is 42.0 Å². The van der Waals surface area contributed by atoms with Crippen molar-refractivity contribution in [2.75, 3.05) is 78.6 Å². The summed E-state index contributed by atoms with van der Waals surface area (Å²) < 4.78 is 0. The maximum Gasteiger partial charge on any atom is 0.0558 e. The highest BCUT2D eigenvalue weighted by Crippen LogP contribution is 2.01. The number of β-amino-alcohol motifs (C(OH)–C–C–N with tert-alkyl or cyclic N) is 1. The van der Waals surface area contributed by atoms with Crippen molar-refractivity contribution in [1.82, 2.24) is 20.0 Å². The van der Waals surface area contributed by atoms with Gasteiger partial charge in [0.05, 0.1) is 6.61 Å². The van der Waals surface area contributed by atoms with E-state index in [0.29, 0.717) is 0 Å². The van der Waals surface area contributed by atoms with Gasteiger partial charge < -0.3 is 10.4 Å². The first-order valence-corrected chi connectivity index (χ1v) is 6.87. The Morgan fingerprint density at radius 1 is 0.765 bits per heavy atom. The third-order valence-electron chi connectivity index (χ3n) is 3.82. The van der Waals surface area contributed by atoms with Crippen molar-refractivity contribution in [2.45, 2.75) is 0 Å². The summed E-state index contributed by atoms with van der Waals surface area (Å²) >= 11 is 0. The van der Waals surface area contributed by atoms with Crippen molar-refractivity contribution in [3.05, 3.63) is 0 Å². The smallest absolute Gasteiger partial charge is 0.0558 e. The van der Waals surface area contributed by atoms with Gasteiger partial charge in [-0.15, -0.1) is 0 Å². The van der Waals surface area contributed by atoms with E-state index in [0.717, 1.165) is 58.9 Å². The molecule has 0 saturated carbocycles. The van der Waals surface area contributed by atoms with E-state index >= 15 is 0 Å². The molecule has 5 heteroatoms. The molecule has 17 heavy (non-hydrogen) atoms. The fourth-order valence-corrected chi connectivity index (χ4v) is 2.60. The molecule has 2 N–H and O–H groups in total. The molecule has 2 rings (SSSR count). The largest absolute Gasteiger partial charge is 0.395 e. The van der Waals surface area contributed by atoms with Crippen molar-refractivity contribution >= 4 is 0 Å². The molecule has 100 valence electrons. The first-order chi connectivity index (χ1) is 8.38. The molecule has 2 saturated heterocycles. The summed E-state index contributed by atoms with van der Waals surface area (Å²) in [5, 5.41) is 12.6. The van der Waals surface area contributed by atoms with E-state index in [9.17, 15) is 0 Å². The molecule has 2 aliphatic rings. The Bertz CT molecular complexity index is 197. The number of aliphatic hydroxyl groups is 1. The Balaban J connectivity index is 1.93. The second-order valence-electron chi connectivity index (χ2n) is 5.00. The van der Waals surface area contributed by atoms with Crippen LogP contribution in [0, 0.1) is 0 Å². The first-order valence-electron chi connectivity index (χ1n) is 6.87. The van der Waals surface area contributed by atoms with E-state index < -0.39 is 0 Å². The van der Waals surface area contributed by atoms with Crippen LogP contribution in [-0.4, -0.2) is 98.4 Å². The van der Waals surface area contributed by atoms with Crippen molar-refractivity contribution in [2.24, 2.45) is 0 Å². The molecule has 0 aromatic rings. The number of rotatable bonds is 2. The molecule has 0 aliphatic carbocycles. The molecule has 0 spiro atoms. The van der Waals surface area contributed by atoms with Gasteiger partial charge in [0.2, 0.25) is 0 Å². The minimum absolute atomic E-state index is 0.279. The van der Waals surface area contributed by atoms with Gasteiger partial charge in [-0.2, -0.15) is 0 Å². The molecule has 2 heterocycles. The third-order valence-corrected chi connectivity index (χ3v) is 3.82. The van der Waals surface area contributed by atoms with E-state index in [1.807, 2.05) is 0 Å². The average molecular weight is 242 g/mol. The van der Waals surface area contributed by atoms with E-state index in [1.165, 1.54) is 13.1 Å². The van der Waals surface area contributed by atoms with Crippen molar-refractivity contribution in [3.63, 3.8) is 0 Å². The molecule has 0 aromatic heterocycles. The lowest BCUT2D eigenvalue weighted by molar-refractivity contribution is 0.171. The second kappa shape index (κ2) is 7.28. The lowest BCUT2D eigenvalue weighted by Crippen LogP contribution is -2.41. The Kier molecular flexibility index (Phi) is 5.67. The molecule has 2 bridgehead atoms. The quantitative estimate of drug-likeness (QED) is 0.617. The van der Waals surface area contributed by atoms with E-state index in [2.05, 4.69) is 20.0 Å². The Morgan fingerprint density at radius 3 is 1.82 bits per heavy atom. The summed E-state index contributed by atoms with van der Waals surface area (Å²) in [7, 11) is 0. The molecule has 2 atom stereocenters. The van der Waals surface area contributed by atoms with Crippen LogP contribution in [-0.2, 0) is 0 Å². The number of aliphatic hydroxyl groups excluding tert-OH is 1. The zero-order valence-electron chi connectivity index (χ0n) is 10.8. The van der Waals surface area contributed by atoms with Crippen LogP contribution in [0.15, 0.2) is 0 Å². The van der Waals surface area contributed by atoms with Gasteiger partial charge in [0.25, 0.3) is 0 Å². The molecule has 5 nitrogen and oxygen atoms in total. The maximum absolute atomic E-state index is 9.08. The van der Waals surface area contributed by atoms with Gasteiger partial charge in [0.15, 0.2) is 0 Å². The van der Waals surface area contributed by atoms with Crippen molar-refractivity contribution in [3.8, 4) is 0 Å². The fraction of sp³-hybridized carbons (Fsp3) is 1.00. The highest BCUT2D eigenvalue weighted by Gasteiger charge is 2.16. The minimum atomic E-state index is 0.279. The molecule has 2 fully saturated rings. The van der Waals surface area contributed by atoms with Gasteiger partial charge in [-0.1, -0.05) is 0 Å². The normalized spacial score (nSPS) is 33.0. The summed E-state index contributed by atoms with van der Waals surface area (Å²) in [6.07, 6.45) is 0. The predicted octanol–water partition coefficient (Wildman–Crippen LogP) is -1.50. The molecular weight excluding hydrogens is 216 g/mol. The molecule has 0 aromatic carbocycles. The second-order valence-corrected chi connectivity index (χ2v) is 5.00. The molecular formula is C12H26N4O. The highest BCUT2D eigenvalue weighted by molar-refractivity contribution is 4.74. The van der Waals surface area contributed by atoms with Crippen LogP contribution in [0.1, 0.15) is 0 Å². The summed E-state index contributed by atoms with van der Waals surface area (Å²) in [5.41, 5.74) is 0. The standard InChI is InChI=1S/C12H26N4O/c17-12-11-16-9-7-14-3-1-13-2-4-15(6-5-14)8-10-16/h13,17H,1-12H2. The van der Waals surface area contributed by atoms with E-state index in [4.69, 9.17) is 5.11 Å². The Labute approximate surface area is 104 Å². The van der Waals surface area contributed by atoms with Crippen LogP contribution in [0.4, 0.5) is 0 Å². The van der Waals surface area contributed by atoms with E-state index in [1.54, 1.807) is 0 Å². The maximum atomic E-state index is 9.08. The number of fused-ring (bicyclic) bond motifs is 3. The van der Waals surface area contributed by atoms with Crippen LogP contribution >= 0.6 is 0 Å². The minimum Gasteiger partial charge on any atom is -0.395 e. The van der Waals surface area contributed by atoms with Crippen LogP contribution < -0.4 is 5.32 Å².